The minimum absolute atomic E-state index is 0.116. The number of rotatable bonds is 8. The van der Waals surface area contributed by atoms with Crippen LogP contribution in [0, 0.1) is 52.3 Å². The molecule has 4 saturated carbocycles. The van der Waals surface area contributed by atoms with E-state index in [1.54, 1.807) is 6.07 Å². The van der Waals surface area contributed by atoms with E-state index in [-0.39, 0.29) is 12.1 Å². The summed E-state index contributed by atoms with van der Waals surface area (Å²) in [7, 11) is 0. The van der Waals surface area contributed by atoms with Crippen LogP contribution in [0.5, 0.6) is 5.75 Å². The van der Waals surface area contributed by atoms with Crippen molar-refractivity contribution in [3.05, 3.63) is 29.8 Å². The van der Waals surface area contributed by atoms with E-state index in [0.29, 0.717) is 29.0 Å². The van der Waals surface area contributed by atoms with E-state index in [2.05, 4.69) is 39.9 Å². The van der Waals surface area contributed by atoms with Crippen molar-refractivity contribution in [2.24, 2.45) is 52.3 Å². The maximum Gasteiger partial charge on any atom is 0.120 e. The monoisotopic (exact) mass is 509 g/mol. The molecule has 0 saturated heterocycles. The van der Waals surface area contributed by atoms with E-state index in [1.165, 1.54) is 57.8 Å². The summed E-state index contributed by atoms with van der Waals surface area (Å²) in [6.45, 7) is 13.2. The summed E-state index contributed by atoms with van der Waals surface area (Å²) < 4.78 is 0. The van der Waals surface area contributed by atoms with Gasteiger partial charge in [-0.25, -0.2) is 0 Å². The molecular formula is C34H55NO2. The zero-order valence-corrected chi connectivity index (χ0v) is 24.4. The molecule has 10 atom stereocenters. The molecule has 0 aliphatic heterocycles. The molecule has 0 heterocycles. The molecule has 0 radical (unpaired) electrons. The van der Waals surface area contributed by atoms with Gasteiger partial charge in [0.15, 0.2) is 0 Å². The predicted octanol–water partition coefficient (Wildman–Crippen LogP) is 7.94. The fourth-order valence-corrected chi connectivity index (χ4v) is 10.4. The molecule has 3 heteroatoms. The molecule has 4 fully saturated rings. The van der Waals surface area contributed by atoms with Gasteiger partial charge in [-0.1, -0.05) is 72.1 Å². The topological polar surface area (TPSA) is 52.5 Å². The van der Waals surface area contributed by atoms with Crippen LogP contribution in [-0.4, -0.2) is 22.4 Å². The molecule has 4 aliphatic rings. The summed E-state index contributed by atoms with van der Waals surface area (Å²) >= 11 is 0. The number of aliphatic hydroxyl groups is 1. The summed E-state index contributed by atoms with van der Waals surface area (Å²) in [5.41, 5.74) is 1.79. The lowest BCUT2D eigenvalue weighted by molar-refractivity contribution is -0.137. The third kappa shape index (κ3) is 5.13. The molecule has 1 aromatic rings. The van der Waals surface area contributed by atoms with Crippen molar-refractivity contribution in [3.63, 3.8) is 0 Å². The summed E-state index contributed by atoms with van der Waals surface area (Å²) in [4.78, 5) is 0. The van der Waals surface area contributed by atoms with Crippen LogP contribution in [0.25, 0.3) is 0 Å². The Hall–Kier alpha value is -1.06. The van der Waals surface area contributed by atoms with Crippen molar-refractivity contribution in [1.82, 2.24) is 5.32 Å². The maximum atomic E-state index is 11.1. The molecule has 0 aromatic heterocycles. The molecule has 1 aromatic carbocycles. The zero-order valence-electron chi connectivity index (χ0n) is 24.4. The Morgan fingerprint density at radius 1 is 0.946 bits per heavy atom. The second-order valence-electron chi connectivity index (χ2n) is 14.8. The van der Waals surface area contributed by atoms with Crippen LogP contribution in [0.4, 0.5) is 0 Å². The number of hydrogen-bond acceptors (Lipinski definition) is 3. The number of hydrogen-bond donors (Lipinski definition) is 3. The predicted molar refractivity (Wildman–Crippen MR) is 153 cm³/mol. The van der Waals surface area contributed by atoms with E-state index in [1.807, 2.05) is 18.2 Å². The first-order valence-electron chi connectivity index (χ1n) is 15.8. The molecule has 208 valence electrons. The van der Waals surface area contributed by atoms with Crippen LogP contribution in [0.15, 0.2) is 24.3 Å². The number of nitrogens with one attached hydrogen (secondary N) is 1. The number of para-hydroxylation sites is 1. The van der Waals surface area contributed by atoms with Gasteiger partial charge in [-0.05, 0) is 110 Å². The molecule has 3 N–H and O–H groups in total. The third-order valence-electron chi connectivity index (χ3n) is 12.5. The van der Waals surface area contributed by atoms with Crippen LogP contribution in [-0.2, 0) is 6.54 Å². The zero-order chi connectivity index (χ0) is 26.4. The highest BCUT2D eigenvalue weighted by molar-refractivity contribution is 5.31. The Morgan fingerprint density at radius 2 is 1.70 bits per heavy atom. The second kappa shape index (κ2) is 10.8. The minimum Gasteiger partial charge on any atom is -0.508 e. The second-order valence-corrected chi connectivity index (χ2v) is 14.8. The molecule has 0 spiro atoms. The summed E-state index contributed by atoms with van der Waals surface area (Å²) in [6, 6.07) is 7.72. The number of phenolic OH excluding ortho intramolecular Hbond substituents is 1. The van der Waals surface area contributed by atoms with Crippen LogP contribution in [0.3, 0.4) is 0 Å². The highest BCUT2D eigenvalue weighted by atomic mass is 16.3. The standard InChI is InChI=1S/C34H55NO2/c1-22(2)9-8-10-23(3)27-15-16-28-26-14-13-25-19-32(37)30(35-21-24-11-6-7-12-31(24)36)20-34(25,5)29(26)17-18-33(27,28)4/h6-7,11-12,22-23,25-30,32,35-37H,8-10,13-21H2,1-5H3/t23?,25?,26?,27-,28?,29?,30-,32-,33-,34+/m1/s1. The summed E-state index contributed by atoms with van der Waals surface area (Å²) in [6.07, 6.45) is 14.4. The quantitative estimate of drug-likeness (QED) is 0.333. The Balaban J connectivity index is 1.27. The van der Waals surface area contributed by atoms with Crippen LogP contribution < -0.4 is 5.32 Å². The first-order valence-corrected chi connectivity index (χ1v) is 15.8. The smallest absolute Gasteiger partial charge is 0.120 e. The lowest BCUT2D eigenvalue weighted by Crippen LogP contribution is -2.59. The van der Waals surface area contributed by atoms with E-state index in [9.17, 15) is 10.2 Å². The van der Waals surface area contributed by atoms with Crippen molar-refractivity contribution >= 4 is 0 Å². The Kier molecular flexibility index (Phi) is 8.06. The number of aliphatic hydroxyl groups excluding tert-OH is 1. The van der Waals surface area contributed by atoms with Crippen molar-refractivity contribution in [1.29, 1.82) is 0 Å². The highest BCUT2D eigenvalue weighted by Gasteiger charge is 2.61. The maximum absolute atomic E-state index is 11.1. The largest absolute Gasteiger partial charge is 0.508 e. The molecule has 0 amide bonds. The minimum atomic E-state index is -0.281. The molecule has 3 nitrogen and oxygen atoms in total. The van der Waals surface area contributed by atoms with Crippen molar-refractivity contribution < 1.29 is 10.2 Å². The van der Waals surface area contributed by atoms with Gasteiger partial charge in [-0.15, -0.1) is 0 Å². The number of benzene rings is 1. The molecule has 5 unspecified atom stereocenters. The van der Waals surface area contributed by atoms with E-state index in [0.717, 1.165) is 53.9 Å². The van der Waals surface area contributed by atoms with Gasteiger partial charge < -0.3 is 15.5 Å². The molecule has 37 heavy (non-hydrogen) atoms. The fraction of sp³-hybridized carbons (Fsp3) is 0.824. The summed E-state index contributed by atoms with van der Waals surface area (Å²) in [5.74, 6) is 6.20. The van der Waals surface area contributed by atoms with E-state index >= 15 is 0 Å². The van der Waals surface area contributed by atoms with Gasteiger partial charge in [-0.2, -0.15) is 0 Å². The summed E-state index contributed by atoms with van der Waals surface area (Å²) in [5, 5.41) is 25.0. The average molecular weight is 510 g/mol. The van der Waals surface area contributed by atoms with Crippen molar-refractivity contribution in [3.8, 4) is 5.75 Å². The lowest BCUT2D eigenvalue weighted by Gasteiger charge is -2.62. The SMILES string of the molecule is CC(C)CCCC(C)[C@H]1CCC2C3CCC4C[C@@H](O)[C@H](NCc5ccccc5O)C[C@]4(C)C3CC[C@@]21C. The van der Waals surface area contributed by atoms with Crippen molar-refractivity contribution in [2.45, 2.75) is 124 Å². The van der Waals surface area contributed by atoms with Gasteiger partial charge in [0.2, 0.25) is 0 Å². The van der Waals surface area contributed by atoms with Crippen molar-refractivity contribution in [2.75, 3.05) is 0 Å². The molecule has 4 aliphatic carbocycles. The highest BCUT2D eigenvalue weighted by Crippen LogP contribution is 2.68. The Bertz CT molecular complexity index is 915. The van der Waals surface area contributed by atoms with Gasteiger partial charge in [0.1, 0.15) is 5.75 Å². The fourth-order valence-electron chi connectivity index (χ4n) is 10.4. The van der Waals surface area contributed by atoms with Crippen LogP contribution in [0.1, 0.15) is 111 Å². The van der Waals surface area contributed by atoms with Gasteiger partial charge in [0, 0.05) is 18.2 Å². The Labute approximate surface area is 227 Å². The van der Waals surface area contributed by atoms with Gasteiger partial charge >= 0.3 is 0 Å². The molecular weight excluding hydrogens is 454 g/mol. The normalized spacial score (nSPS) is 42.2. The number of phenols is 1. The third-order valence-corrected chi connectivity index (χ3v) is 12.5. The number of fused-ring (bicyclic) bond motifs is 5. The van der Waals surface area contributed by atoms with Gasteiger partial charge in [0.25, 0.3) is 0 Å². The first-order chi connectivity index (χ1) is 17.6. The number of aromatic hydroxyl groups is 1. The van der Waals surface area contributed by atoms with Crippen LogP contribution in [0.2, 0.25) is 0 Å². The van der Waals surface area contributed by atoms with Crippen LogP contribution >= 0.6 is 0 Å². The molecule has 5 rings (SSSR count). The molecule has 0 bridgehead atoms. The van der Waals surface area contributed by atoms with E-state index < -0.39 is 0 Å². The van der Waals surface area contributed by atoms with E-state index in [4.69, 9.17) is 0 Å². The first kappa shape index (κ1) is 27.5. The van der Waals surface area contributed by atoms with Gasteiger partial charge in [0.05, 0.1) is 6.10 Å². The lowest BCUT2D eigenvalue weighted by atomic mass is 9.44. The average Bonchev–Trinajstić information content (AvgIpc) is 3.21. The Morgan fingerprint density at radius 3 is 2.46 bits per heavy atom. The van der Waals surface area contributed by atoms with Gasteiger partial charge in [-0.3, -0.25) is 0 Å².